The number of para-hydroxylation sites is 1. The van der Waals surface area contributed by atoms with Crippen molar-refractivity contribution in [2.24, 2.45) is 0 Å². The molecule has 0 aliphatic rings. The number of nitrogens with one attached hydrogen (secondary N) is 1. The second-order valence-corrected chi connectivity index (χ2v) is 6.03. The molecule has 25 heavy (non-hydrogen) atoms. The van der Waals surface area contributed by atoms with Gasteiger partial charge in [0.25, 0.3) is 5.78 Å². The average molecular weight is 333 g/mol. The minimum atomic E-state index is 0.599. The molecule has 0 spiro atoms. The fourth-order valence-corrected chi connectivity index (χ4v) is 2.85. The summed E-state index contributed by atoms with van der Waals surface area (Å²) < 4.78 is 3.64. The van der Waals surface area contributed by atoms with Crippen LogP contribution in [0.15, 0.2) is 42.9 Å². The van der Waals surface area contributed by atoms with Crippen LogP contribution in [0.5, 0.6) is 0 Å². The molecule has 0 saturated heterocycles. The van der Waals surface area contributed by atoms with Crippen LogP contribution in [0.25, 0.3) is 11.5 Å². The van der Waals surface area contributed by atoms with E-state index in [1.54, 1.807) is 4.52 Å². The molecule has 1 aromatic carbocycles. The predicted molar refractivity (Wildman–Crippen MR) is 95.9 cm³/mol. The van der Waals surface area contributed by atoms with Gasteiger partial charge in [0.1, 0.15) is 12.1 Å². The number of nitrogens with zero attached hydrogens (tertiary/aromatic N) is 6. The number of aromatic nitrogens is 6. The molecule has 0 saturated carbocycles. The Morgan fingerprint density at radius 1 is 1.08 bits per heavy atom. The third kappa shape index (κ3) is 2.73. The highest BCUT2D eigenvalue weighted by Crippen LogP contribution is 2.20. The lowest BCUT2D eigenvalue weighted by molar-refractivity contribution is 0.844. The fourth-order valence-electron chi connectivity index (χ4n) is 2.85. The fraction of sp³-hybridized carbons (Fsp3) is 0.222. The summed E-state index contributed by atoms with van der Waals surface area (Å²) in [7, 11) is 0. The topological polar surface area (TPSA) is 72.9 Å². The Labute approximate surface area is 145 Å². The molecule has 0 aliphatic carbocycles. The lowest BCUT2D eigenvalue weighted by Gasteiger charge is -2.14. The van der Waals surface area contributed by atoms with Gasteiger partial charge in [0.15, 0.2) is 0 Å². The van der Waals surface area contributed by atoms with Crippen molar-refractivity contribution in [3.8, 4) is 5.69 Å². The first-order valence-electron chi connectivity index (χ1n) is 8.15. The highest BCUT2D eigenvalue weighted by atomic mass is 15.4. The van der Waals surface area contributed by atoms with Crippen LogP contribution >= 0.6 is 0 Å². The maximum Gasteiger partial charge on any atom is 0.254 e. The zero-order chi connectivity index (χ0) is 17.4. The van der Waals surface area contributed by atoms with E-state index < -0.39 is 0 Å². The van der Waals surface area contributed by atoms with E-state index in [4.69, 9.17) is 0 Å². The molecule has 7 heteroatoms. The van der Waals surface area contributed by atoms with Crippen molar-refractivity contribution in [1.29, 1.82) is 0 Å². The van der Waals surface area contributed by atoms with Gasteiger partial charge in [0, 0.05) is 24.0 Å². The molecule has 0 aliphatic heterocycles. The van der Waals surface area contributed by atoms with Gasteiger partial charge >= 0.3 is 0 Å². The van der Waals surface area contributed by atoms with Gasteiger partial charge in [0.2, 0.25) is 0 Å². The van der Waals surface area contributed by atoms with Crippen molar-refractivity contribution in [1.82, 2.24) is 29.4 Å². The van der Waals surface area contributed by atoms with Crippen molar-refractivity contribution in [2.45, 2.75) is 27.3 Å². The second-order valence-electron chi connectivity index (χ2n) is 6.03. The maximum atomic E-state index is 4.52. The van der Waals surface area contributed by atoms with Gasteiger partial charge in [-0.25, -0.2) is 9.67 Å². The van der Waals surface area contributed by atoms with E-state index >= 15 is 0 Å². The smallest absolute Gasteiger partial charge is 0.254 e. The average Bonchev–Trinajstić information content (AvgIpc) is 3.24. The summed E-state index contributed by atoms with van der Waals surface area (Å²) >= 11 is 0. The van der Waals surface area contributed by atoms with Gasteiger partial charge in [0.05, 0.1) is 11.4 Å². The van der Waals surface area contributed by atoms with Gasteiger partial charge in [-0.2, -0.15) is 19.7 Å². The molecule has 0 amide bonds. The number of anilines is 1. The minimum Gasteiger partial charge on any atom is -0.365 e. The van der Waals surface area contributed by atoms with Crippen LogP contribution in [0.3, 0.4) is 0 Å². The van der Waals surface area contributed by atoms with Crippen LogP contribution in [0.1, 0.15) is 22.5 Å². The summed E-state index contributed by atoms with van der Waals surface area (Å²) in [4.78, 5) is 8.64. The minimum absolute atomic E-state index is 0.599. The van der Waals surface area contributed by atoms with E-state index in [0.29, 0.717) is 12.3 Å². The summed E-state index contributed by atoms with van der Waals surface area (Å²) in [6, 6.07) is 10.2. The van der Waals surface area contributed by atoms with E-state index in [0.717, 1.165) is 34.0 Å². The second kappa shape index (κ2) is 6.01. The van der Waals surface area contributed by atoms with Crippen LogP contribution in [0.4, 0.5) is 5.82 Å². The Kier molecular flexibility index (Phi) is 3.68. The lowest BCUT2D eigenvalue weighted by Crippen LogP contribution is -2.11. The van der Waals surface area contributed by atoms with E-state index in [-0.39, 0.29) is 0 Å². The summed E-state index contributed by atoms with van der Waals surface area (Å²) in [6.07, 6.45) is 3.50. The Morgan fingerprint density at radius 3 is 2.72 bits per heavy atom. The van der Waals surface area contributed by atoms with Gasteiger partial charge in [-0.05, 0) is 38.5 Å². The first-order valence-corrected chi connectivity index (χ1v) is 8.15. The van der Waals surface area contributed by atoms with Crippen molar-refractivity contribution in [3.63, 3.8) is 0 Å². The third-order valence-electron chi connectivity index (χ3n) is 4.31. The van der Waals surface area contributed by atoms with E-state index in [1.165, 1.54) is 6.33 Å². The van der Waals surface area contributed by atoms with Crippen LogP contribution < -0.4 is 5.32 Å². The number of benzene rings is 1. The highest BCUT2D eigenvalue weighted by molar-refractivity contribution is 5.53. The van der Waals surface area contributed by atoms with Gasteiger partial charge in [-0.3, -0.25) is 0 Å². The molecule has 0 fully saturated rings. The van der Waals surface area contributed by atoms with Gasteiger partial charge in [-0.1, -0.05) is 18.2 Å². The molecule has 3 aromatic heterocycles. The SMILES string of the molecule is Cc1ccn(-c2ccccc2CNc2c(C)c(C)nc3ncnn23)n1. The molecule has 0 atom stereocenters. The van der Waals surface area contributed by atoms with Gasteiger partial charge < -0.3 is 5.32 Å². The van der Waals surface area contributed by atoms with Crippen LogP contribution in [-0.4, -0.2) is 29.4 Å². The highest BCUT2D eigenvalue weighted by Gasteiger charge is 2.12. The number of hydrogen-bond acceptors (Lipinski definition) is 5. The number of fused-ring (bicyclic) bond motifs is 1. The summed E-state index contributed by atoms with van der Waals surface area (Å²) in [5, 5.41) is 12.3. The number of rotatable bonds is 4. The maximum absolute atomic E-state index is 4.52. The molecule has 126 valence electrons. The quantitative estimate of drug-likeness (QED) is 0.622. The first kappa shape index (κ1) is 15.3. The van der Waals surface area contributed by atoms with Crippen molar-refractivity contribution in [3.05, 3.63) is 65.4 Å². The molecule has 3 heterocycles. The lowest BCUT2D eigenvalue weighted by atomic mass is 10.1. The van der Waals surface area contributed by atoms with Crippen molar-refractivity contribution < 1.29 is 0 Å². The van der Waals surface area contributed by atoms with Crippen LogP contribution in [0, 0.1) is 20.8 Å². The zero-order valence-corrected chi connectivity index (χ0v) is 14.4. The molecule has 4 rings (SSSR count). The third-order valence-corrected chi connectivity index (χ3v) is 4.31. The normalized spacial score (nSPS) is 11.2. The van der Waals surface area contributed by atoms with Crippen LogP contribution in [0.2, 0.25) is 0 Å². The molecular formula is C18H19N7. The Bertz CT molecular complexity index is 1040. The number of hydrogen-bond donors (Lipinski definition) is 1. The Morgan fingerprint density at radius 2 is 1.92 bits per heavy atom. The first-order chi connectivity index (χ1) is 12.1. The van der Waals surface area contributed by atoms with E-state index in [1.807, 2.05) is 49.8 Å². The zero-order valence-electron chi connectivity index (χ0n) is 14.4. The summed E-state index contributed by atoms with van der Waals surface area (Å²) in [5.74, 6) is 1.51. The van der Waals surface area contributed by atoms with Gasteiger partial charge in [-0.15, -0.1) is 0 Å². The summed E-state index contributed by atoms with van der Waals surface area (Å²) in [5.41, 5.74) is 5.20. The summed E-state index contributed by atoms with van der Waals surface area (Å²) in [6.45, 7) is 6.65. The molecule has 7 nitrogen and oxygen atoms in total. The molecule has 0 bridgehead atoms. The van der Waals surface area contributed by atoms with Crippen molar-refractivity contribution in [2.75, 3.05) is 5.32 Å². The molecule has 4 aromatic rings. The van der Waals surface area contributed by atoms with Crippen LogP contribution in [-0.2, 0) is 6.54 Å². The monoisotopic (exact) mass is 333 g/mol. The molecule has 1 N–H and O–H groups in total. The Balaban J connectivity index is 1.69. The largest absolute Gasteiger partial charge is 0.365 e. The molecule has 0 unspecified atom stereocenters. The van der Waals surface area contributed by atoms with E-state index in [9.17, 15) is 0 Å². The Hall–Kier alpha value is -3.22. The predicted octanol–water partition coefficient (Wildman–Crippen LogP) is 2.85. The standard InChI is InChI=1S/C18H19N7/c1-12-8-9-24(23-12)16-7-5-4-6-15(16)10-19-17-13(2)14(3)22-18-20-11-21-25(17)18/h4-9,11,19H,10H2,1-3H3. The molecular weight excluding hydrogens is 314 g/mol. The van der Waals surface area contributed by atoms with Crippen molar-refractivity contribution >= 4 is 11.6 Å². The number of aryl methyl sites for hydroxylation is 2. The molecule has 0 radical (unpaired) electrons. The van der Waals surface area contributed by atoms with E-state index in [2.05, 4.69) is 37.6 Å².